The van der Waals surface area contributed by atoms with Crippen molar-refractivity contribution in [2.75, 3.05) is 12.3 Å². The molecule has 4 atom stereocenters. The van der Waals surface area contributed by atoms with Gasteiger partial charge in [0.05, 0.1) is 11.1 Å². The van der Waals surface area contributed by atoms with E-state index in [4.69, 9.17) is 23.7 Å². The van der Waals surface area contributed by atoms with Crippen molar-refractivity contribution >= 4 is 46.7 Å². The van der Waals surface area contributed by atoms with Crippen molar-refractivity contribution < 1.29 is 18.0 Å². The lowest BCUT2D eigenvalue weighted by Crippen LogP contribution is -2.54. The molecular weight excluding hydrogens is 610 g/mol. The predicted molar refractivity (Wildman–Crippen MR) is 172 cm³/mol. The van der Waals surface area contributed by atoms with E-state index in [-0.39, 0.29) is 20.9 Å². The fraction of sp³-hybridized carbons (Fsp3) is 0.852. The van der Waals surface area contributed by atoms with Crippen LogP contribution in [0.25, 0.3) is 0 Å². The first-order chi connectivity index (χ1) is 17.2. The van der Waals surface area contributed by atoms with E-state index in [0.717, 1.165) is 0 Å². The van der Waals surface area contributed by atoms with Gasteiger partial charge in [0.15, 0.2) is 31.2 Å². The van der Waals surface area contributed by atoms with Gasteiger partial charge in [0.1, 0.15) is 24.1 Å². The van der Waals surface area contributed by atoms with Crippen LogP contribution >= 0.6 is 15.9 Å². The highest BCUT2D eigenvalue weighted by Gasteiger charge is 2.55. The maximum absolute atomic E-state index is 13.2. The topological polar surface area (TPSA) is 97.8 Å². The smallest absolute Gasteiger partial charge is 0.351 e. The zero-order valence-corrected chi connectivity index (χ0v) is 31.6. The van der Waals surface area contributed by atoms with Crippen molar-refractivity contribution in [1.29, 1.82) is 0 Å². The van der Waals surface area contributed by atoms with Crippen LogP contribution in [0.3, 0.4) is 0 Å². The summed E-state index contributed by atoms with van der Waals surface area (Å²) in [6.07, 6.45) is -0.450. The van der Waals surface area contributed by atoms with Crippen LogP contribution in [0, 0.1) is 0 Å². The number of nitrogens with two attached hydrogens (primary N) is 1. The van der Waals surface area contributed by atoms with E-state index in [0.29, 0.717) is 11.1 Å². The fourth-order valence-corrected chi connectivity index (χ4v) is 7.44. The van der Waals surface area contributed by atoms with Gasteiger partial charge < -0.3 is 23.7 Å². The van der Waals surface area contributed by atoms with E-state index in [1.165, 1.54) is 4.57 Å². The van der Waals surface area contributed by atoms with Gasteiger partial charge in [-0.1, -0.05) is 62.3 Å². The molecule has 226 valence electrons. The molecule has 0 saturated carbocycles. The molecule has 2 N–H and O–H groups in total. The van der Waals surface area contributed by atoms with Crippen LogP contribution in [0.5, 0.6) is 0 Å². The Balaban J connectivity index is 2.69. The zero-order valence-electron chi connectivity index (χ0n) is 27.0. The monoisotopic (exact) mass is 663 g/mol. The second kappa shape index (κ2) is 11.4. The van der Waals surface area contributed by atoms with Crippen molar-refractivity contribution in [3.63, 3.8) is 0 Å². The highest BCUT2D eigenvalue weighted by Crippen LogP contribution is 2.46. The Morgan fingerprint density at radius 2 is 1.31 bits per heavy atom. The van der Waals surface area contributed by atoms with Gasteiger partial charge in [-0.3, -0.25) is 4.57 Å². The van der Waals surface area contributed by atoms with E-state index < -0.39 is 55.2 Å². The van der Waals surface area contributed by atoms with Crippen LogP contribution in [0.4, 0.5) is 5.82 Å². The van der Waals surface area contributed by atoms with Gasteiger partial charge in [0.2, 0.25) is 0 Å². The molecule has 1 fully saturated rings. The summed E-state index contributed by atoms with van der Waals surface area (Å²) in [7, 11) is -6.67. The Hall–Kier alpha value is -0.349. The molecule has 2 rings (SSSR count). The van der Waals surface area contributed by atoms with Crippen LogP contribution in [0.15, 0.2) is 15.5 Å². The number of nitrogen functional groups attached to an aromatic ring is 1. The predicted octanol–water partition coefficient (Wildman–Crippen LogP) is 7.29. The first-order valence-electron chi connectivity index (χ1n) is 13.9. The highest BCUT2D eigenvalue weighted by molar-refractivity contribution is 9.10. The molecule has 1 saturated heterocycles. The molecule has 8 nitrogen and oxygen atoms in total. The number of hydrogen-bond donors (Lipinski definition) is 1. The molecule has 0 aliphatic carbocycles. The molecule has 39 heavy (non-hydrogen) atoms. The first kappa shape index (κ1) is 34.8. The summed E-state index contributed by atoms with van der Waals surface area (Å²) in [6.45, 7) is 33.7. The zero-order chi connectivity index (χ0) is 30.6. The van der Waals surface area contributed by atoms with Gasteiger partial charge in [-0.25, -0.2) is 4.79 Å². The molecule has 1 aliphatic rings. The Morgan fingerprint density at radius 1 is 0.872 bits per heavy atom. The second-order valence-electron chi connectivity index (χ2n) is 15.5. The van der Waals surface area contributed by atoms with Crippen LogP contribution < -0.4 is 11.4 Å². The van der Waals surface area contributed by atoms with Crippen molar-refractivity contribution in [1.82, 2.24) is 9.55 Å². The minimum Gasteiger partial charge on any atom is -0.414 e. The number of ether oxygens (including phenoxy) is 1. The average Bonchev–Trinajstić information content (AvgIpc) is 3.02. The van der Waals surface area contributed by atoms with Gasteiger partial charge in [0, 0.05) is 6.20 Å². The molecule has 0 amide bonds. The highest BCUT2D eigenvalue weighted by atomic mass is 79.9. The van der Waals surface area contributed by atoms with E-state index in [9.17, 15) is 4.79 Å². The lowest BCUT2D eigenvalue weighted by Gasteiger charge is -2.44. The van der Waals surface area contributed by atoms with Gasteiger partial charge in [0.25, 0.3) is 0 Å². The molecule has 0 radical (unpaired) electrons. The van der Waals surface area contributed by atoms with E-state index in [1.807, 2.05) is 0 Å². The van der Waals surface area contributed by atoms with Crippen LogP contribution in [-0.2, 0) is 18.0 Å². The maximum atomic E-state index is 13.2. The van der Waals surface area contributed by atoms with E-state index in [2.05, 4.69) is 123 Å². The maximum Gasteiger partial charge on any atom is 0.351 e. The van der Waals surface area contributed by atoms with Gasteiger partial charge in [-0.15, -0.1) is 0 Å². The second-order valence-corrected chi connectivity index (χ2v) is 30.7. The number of rotatable bonds is 8. The first-order valence-corrected chi connectivity index (χ1v) is 23.4. The summed E-state index contributed by atoms with van der Waals surface area (Å²) >= 11 is 3.45. The summed E-state index contributed by atoms with van der Waals surface area (Å²) in [5, 5.41) is -0.0414. The van der Waals surface area contributed by atoms with E-state index >= 15 is 0 Å². The molecule has 12 heteroatoms. The minimum absolute atomic E-state index is 0.0277. The molecule has 2 heterocycles. The molecule has 1 aromatic rings. The van der Waals surface area contributed by atoms with Crippen molar-refractivity contribution in [2.24, 2.45) is 0 Å². The SMILES string of the molecule is CC(C)(C)[Si](C)(C)OC[C@H]1O[C@@H](n2cc(Br)c(N)nc2=O)[C@H](O[Si](C)(C)C(C)(C)C)[C@@H]1O[Si](C)(C)C(C)(C)C. The Bertz CT molecular complexity index is 1070. The van der Waals surface area contributed by atoms with Gasteiger partial charge in [-0.2, -0.15) is 4.98 Å². The molecule has 0 bridgehead atoms. The van der Waals surface area contributed by atoms with E-state index in [1.54, 1.807) is 6.20 Å². The summed E-state index contributed by atoms with van der Waals surface area (Å²) < 4.78 is 29.6. The number of aromatic nitrogens is 2. The number of nitrogens with zero attached hydrogens (tertiary/aromatic N) is 2. The Labute approximate surface area is 248 Å². The Kier molecular flexibility index (Phi) is 10.2. The molecule has 1 aliphatic heterocycles. The third kappa shape index (κ3) is 7.74. The van der Waals surface area contributed by atoms with Crippen LogP contribution in [0.2, 0.25) is 54.4 Å². The lowest BCUT2D eigenvalue weighted by molar-refractivity contribution is -0.0510. The lowest BCUT2D eigenvalue weighted by atomic mass is 10.1. The standard InChI is InChI=1S/C27H54BrN3O5Si3/c1-25(2,3)37(10,11)33-17-19-20(35-38(12,13)26(4,5)6)21(36-39(14,15)27(7,8)9)23(34-19)31-16-18(28)22(29)30-24(31)32/h16,19-21,23H,17H2,1-15H3,(H2,29,30,32)/t19-,20-,21-,23-/m1/s1. The van der Waals surface area contributed by atoms with Gasteiger partial charge >= 0.3 is 5.69 Å². The number of hydrogen-bond acceptors (Lipinski definition) is 7. The van der Waals surface area contributed by atoms with Crippen LogP contribution in [-0.4, -0.2) is 59.4 Å². The van der Waals surface area contributed by atoms with Crippen molar-refractivity contribution in [3.05, 3.63) is 21.2 Å². The van der Waals surface area contributed by atoms with Crippen LogP contribution in [0.1, 0.15) is 68.5 Å². The van der Waals surface area contributed by atoms with Gasteiger partial charge in [-0.05, 0) is 70.3 Å². The number of halogens is 1. The minimum atomic E-state index is -2.32. The Morgan fingerprint density at radius 3 is 1.74 bits per heavy atom. The third-order valence-electron chi connectivity index (χ3n) is 9.38. The summed E-state index contributed by atoms with van der Waals surface area (Å²) in [6, 6.07) is 0. The average molecular weight is 665 g/mol. The quantitative estimate of drug-likeness (QED) is 0.292. The fourth-order valence-electron chi connectivity index (χ4n) is 3.51. The van der Waals surface area contributed by atoms with Crippen molar-refractivity contribution in [3.8, 4) is 0 Å². The molecule has 0 aromatic carbocycles. The molecular formula is C27H54BrN3O5Si3. The molecule has 0 unspecified atom stereocenters. The summed E-state index contributed by atoms with van der Waals surface area (Å²) in [5.74, 6) is 0.142. The molecule has 0 spiro atoms. The third-order valence-corrected chi connectivity index (χ3v) is 23.4. The summed E-state index contributed by atoms with van der Waals surface area (Å²) in [5.41, 5.74) is 5.45. The molecule has 1 aromatic heterocycles. The normalized spacial score (nSPS) is 23.9. The van der Waals surface area contributed by atoms with Crippen molar-refractivity contribution in [2.45, 2.75) is 141 Å². The largest absolute Gasteiger partial charge is 0.414 e. The summed E-state index contributed by atoms with van der Waals surface area (Å²) in [4.78, 5) is 17.2. The number of anilines is 1.